The summed E-state index contributed by atoms with van der Waals surface area (Å²) in [5.41, 5.74) is 1.48. The van der Waals surface area contributed by atoms with Gasteiger partial charge in [-0.05, 0) is 122 Å². The van der Waals surface area contributed by atoms with Gasteiger partial charge in [-0.2, -0.15) is 0 Å². The minimum Gasteiger partial charge on any atom is -0.446 e. The van der Waals surface area contributed by atoms with Gasteiger partial charge >= 0.3 is 12.2 Å². The molecule has 0 aromatic rings. The molecule has 0 radical (unpaired) electrons. The second kappa shape index (κ2) is 9.76. The van der Waals surface area contributed by atoms with Crippen LogP contribution >= 0.6 is 0 Å². The van der Waals surface area contributed by atoms with Gasteiger partial charge in [0.1, 0.15) is 12.2 Å². The molecular weight excluding hydrogens is 552 g/mol. The molecule has 3 heterocycles. The lowest BCUT2D eigenvalue weighted by Crippen LogP contribution is -2.58. The first kappa shape index (κ1) is 29.9. The normalized spacial score (nSPS) is 48.8. The Morgan fingerprint density at radius 2 is 1.43 bits per heavy atom. The van der Waals surface area contributed by atoms with Crippen LogP contribution < -0.4 is 0 Å². The molecule has 6 unspecified atom stereocenters. The number of likely N-dealkylation sites (tertiary alicyclic amines) is 2. The van der Waals surface area contributed by atoms with Gasteiger partial charge in [0.15, 0.2) is 0 Å². The van der Waals surface area contributed by atoms with Gasteiger partial charge in [0.05, 0.1) is 12.2 Å². The smallest absolute Gasteiger partial charge is 0.410 e. The van der Waals surface area contributed by atoms with E-state index in [1.54, 1.807) is 0 Å². The summed E-state index contributed by atoms with van der Waals surface area (Å²) in [6.07, 6.45) is 14.3. The molecule has 3 aliphatic heterocycles. The standard InChI is InChI=1S/C37H58N2O5/c1-23(2)30(44-32(41)39-19-8-20-39)25-10-9-24-26(42-25)21-35(6)28-12-11-27-33(3,4)29(43-31(40)38-17-7-18-38)13-14-36(27)22-37(28,36)16-15-34(24,35)5/h23-30H,7-22H2,1-6H3/t24?,25?,26?,27-,28?,29-,30+,34?,35-,36?,37-/m0/s1. The van der Waals surface area contributed by atoms with E-state index in [1.165, 1.54) is 44.9 Å². The fourth-order valence-electron chi connectivity index (χ4n) is 13.2. The van der Waals surface area contributed by atoms with E-state index in [-0.39, 0.29) is 53.4 Å². The maximum atomic E-state index is 12.9. The molecule has 0 aromatic heterocycles. The number of carbonyl (C=O) groups excluding carboxylic acids is 2. The van der Waals surface area contributed by atoms with Gasteiger partial charge in [0.2, 0.25) is 0 Å². The van der Waals surface area contributed by atoms with Gasteiger partial charge in [-0.15, -0.1) is 0 Å². The minimum absolute atomic E-state index is 0.000781. The maximum absolute atomic E-state index is 12.9. The molecule has 2 amide bonds. The Kier molecular flexibility index (Phi) is 6.63. The number of carbonyl (C=O) groups is 2. The van der Waals surface area contributed by atoms with Gasteiger partial charge in [0.25, 0.3) is 0 Å². The number of nitrogens with zero attached hydrogens (tertiary/aromatic N) is 2. The Morgan fingerprint density at radius 3 is 2.09 bits per heavy atom. The van der Waals surface area contributed by atoms with E-state index in [2.05, 4.69) is 41.5 Å². The van der Waals surface area contributed by atoms with Crippen LogP contribution in [0.4, 0.5) is 9.59 Å². The predicted octanol–water partition coefficient (Wildman–Crippen LogP) is 7.66. The highest BCUT2D eigenvalue weighted by atomic mass is 16.6. The summed E-state index contributed by atoms with van der Waals surface area (Å²) < 4.78 is 19.5. The Bertz CT molecular complexity index is 1200. The van der Waals surface area contributed by atoms with E-state index in [0.29, 0.717) is 28.1 Å². The molecule has 5 saturated carbocycles. The van der Waals surface area contributed by atoms with E-state index in [4.69, 9.17) is 14.2 Å². The molecule has 7 nitrogen and oxygen atoms in total. The molecule has 2 spiro atoms. The van der Waals surface area contributed by atoms with E-state index >= 15 is 0 Å². The number of hydrogen-bond acceptors (Lipinski definition) is 5. The first-order chi connectivity index (χ1) is 20.9. The van der Waals surface area contributed by atoms with Crippen molar-refractivity contribution in [3.8, 4) is 0 Å². The van der Waals surface area contributed by atoms with E-state index in [1.807, 2.05) is 9.80 Å². The lowest BCUT2D eigenvalue weighted by atomic mass is 9.42. The largest absolute Gasteiger partial charge is 0.446 e. The Morgan fingerprint density at radius 1 is 0.773 bits per heavy atom. The second-order valence-electron chi connectivity index (χ2n) is 18.1. The summed E-state index contributed by atoms with van der Waals surface area (Å²) in [4.78, 5) is 29.4. The van der Waals surface area contributed by atoms with Crippen molar-refractivity contribution in [1.29, 1.82) is 0 Å². The van der Waals surface area contributed by atoms with Crippen molar-refractivity contribution >= 4 is 12.2 Å². The van der Waals surface area contributed by atoms with Crippen LogP contribution in [0.1, 0.15) is 119 Å². The molecule has 7 heteroatoms. The van der Waals surface area contributed by atoms with Crippen LogP contribution in [-0.2, 0) is 14.2 Å². The summed E-state index contributed by atoms with van der Waals surface area (Å²) in [7, 11) is 0. The first-order valence-corrected chi connectivity index (χ1v) is 18.4. The summed E-state index contributed by atoms with van der Waals surface area (Å²) in [5, 5.41) is 0. The predicted molar refractivity (Wildman–Crippen MR) is 168 cm³/mol. The molecule has 8 aliphatic rings. The molecule has 5 aliphatic carbocycles. The molecule has 0 bridgehead atoms. The number of amides is 2. The first-order valence-electron chi connectivity index (χ1n) is 18.4. The van der Waals surface area contributed by atoms with Crippen LogP contribution in [0, 0.1) is 50.7 Å². The third kappa shape index (κ3) is 3.83. The highest BCUT2D eigenvalue weighted by Gasteiger charge is 2.83. The zero-order valence-corrected chi connectivity index (χ0v) is 28.4. The number of ether oxygens (including phenoxy) is 3. The molecular formula is C37H58N2O5. The van der Waals surface area contributed by atoms with Crippen molar-refractivity contribution in [1.82, 2.24) is 9.80 Å². The second-order valence-corrected chi connectivity index (χ2v) is 18.1. The maximum Gasteiger partial charge on any atom is 0.410 e. The molecule has 3 saturated heterocycles. The minimum atomic E-state index is -0.173. The molecule has 11 atom stereocenters. The van der Waals surface area contributed by atoms with Crippen molar-refractivity contribution in [3.05, 3.63) is 0 Å². The quantitative estimate of drug-likeness (QED) is 0.327. The van der Waals surface area contributed by atoms with Crippen LogP contribution in [0.15, 0.2) is 0 Å². The Balaban J connectivity index is 1.00. The summed E-state index contributed by atoms with van der Waals surface area (Å²) >= 11 is 0. The lowest BCUT2D eigenvalue weighted by Gasteiger charge is -2.63. The van der Waals surface area contributed by atoms with Crippen LogP contribution in [0.3, 0.4) is 0 Å². The average molecular weight is 611 g/mol. The summed E-state index contributed by atoms with van der Waals surface area (Å²) in [6, 6.07) is 0. The van der Waals surface area contributed by atoms with Crippen molar-refractivity contribution in [3.63, 3.8) is 0 Å². The molecule has 0 N–H and O–H groups in total. The Labute approximate surface area is 265 Å². The van der Waals surface area contributed by atoms with Gasteiger partial charge in [0, 0.05) is 31.6 Å². The van der Waals surface area contributed by atoms with Crippen molar-refractivity contribution < 1.29 is 23.8 Å². The molecule has 8 rings (SSSR count). The van der Waals surface area contributed by atoms with Crippen molar-refractivity contribution in [2.75, 3.05) is 26.2 Å². The van der Waals surface area contributed by atoms with Crippen LogP contribution in [-0.4, -0.2) is 72.6 Å². The fourth-order valence-corrected chi connectivity index (χ4v) is 13.2. The van der Waals surface area contributed by atoms with E-state index in [0.717, 1.165) is 64.2 Å². The molecule has 0 aromatic carbocycles. The van der Waals surface area contributed by atoms with Crippen LogP contribution in [0.2, 0.25) is 0 Å². The van der Waals surface area contributed by atoms with Crippen LogP contribution in [0.5, 0.6) is 0 Å². The number of fused-ring (bicyclic) bond motifs is 4. The van der Waals surface area contributed by atoms with E-state index in [9.17, 15) is 9.59 Å². The van der Waals surface area contributed by atoms with Crippen molar-refractivity contribution in [2.45, 2.75) is 143 Å². The van der Waals surface area contributed by atoms with Gasteiger partial charge in [-0.25, -0.2) is 9.59 Å². The van der Waals surface area contributed by atoms with Gasteiger partial charge < -0.3 is 24.0 Å². The number of rotatable bonds is 4. The monoisotopic (exact) mass is 610 g/mol. The molecule has 246 valence electrons. The number of hydrogen-bond donors (Lipinski definition) is 0. The van der Waals surface area contributed by atoms with Gasteiger partial charge in [-0.3, -0.25) is 0 Å². The van der Waals surface area contributed by atoms with Crippen LogP contribution in [0.25, 0.3) is 0 Å². The topological polar surface area (TPSA) is 68.3 Å². The SMILES string of the molecule is CC(C)[C@@H](OC(=O)N1CCC1)C1CCC2C(C[C@@]3(C)C4CC[C@H]5C(C)(C)[C@@H](OC(=O)N6CCC6)CCC56C[C@@]46CCC23C)O1. The summed E-state index contributed by atoms with van der Waals surface area (Å²) in [5.74, 6) is 2.23. The fraction of sp³-hybridized carbons (Fsp3) is 0.946. The third-order valence-corrected chi connectivity index (χ3v) is 16.1. The summed E-state index contributed by atoms with van der Waals surface area (Å²) in [6.45, 7) is 17.9. The molecule has 44 heavy (non-hydrogen) atoms. The highest BCUT2D eigenvalue weighted by Crippen LogP contribution is 2.89. The zero-order chi connectivity index (χ0) is 30.9. The zero-order valence-electron chi connectivity index (χ0n) is 28.4. The van der Waals surface area contributed by atoms with Crippen molar-refractivity contribution in [2.24, 2.45) is 50.7 Å². The van der Waals surface area contributed by atoms with Gasteiger partial charge in [-0.1, -0.05) is 41.5 Å². The Hall–Kier alpha value is -1.50. The highest BCUT2D eigenvalue weighted by molar-refractivity contribution is 5.69. The molecule has 8 fully saturated rings. The lowest BCUT2D eigenvalue weighted by molar-refractivity contribution is -0.166. The third-order valence-electron chi connectivity index (χ3n) is 16.1. The van der Waals surface area contributed by atoms with E-state index < -0.39 is 0 Å². The average Bonchev–Trinajstić information content (AvgIpc) is 3.50.